The van der Waals surface area contributed by atoms with E-state index >= 15 is 0 Å². The van der Waals surface area contributed by atoms with Gasteiger partial charge in [-0.3, -0.25) is 9.59 Å². The summed E-state index contributed by atoms with van der Waals surface area (Å²) in [4.78, 5) is 30.4. The van der Waals surface area contributed by atoms with Crippen molar-refractivity contribution in [2.24, 2.45) is 17.8 Å². The van der Waals surface area contributed by atoms with E-state index in [1.807, 2.05) is 6.07 Å². The molecule has 38 heavy (non-hydrogen) atoms. The summed E-state index contributed by atoms with van der Waals surface area (Å²) in [7, 11) is 0. The van der Waals surface area contributed by atoms with E-state index in [4.69, 9.17) is 4.98 Å². The normalized spacial score (nSPS) is 21.6. The molecule has 0 saturated heterocycles. The summed E-state index contributed by atoms with van der Waals surface area (Å²) in [5, 5.41) is 18.1. The van der Waals surface area contributed by atoms with Crippen molar-refractivity contribution in [3.8, 4) is 0 Å². The van der Waals surface area contributed by atoms with Crippen molar-refractivity contribution in [2.45, 2.75) is 82.7 Å². The standard InChI is InChI=1S/C26H31F2N7O3/c1-14-21(34-38-33-14)25(37)32-23(16-7-9-26(27,28)10-8-16)19-13-35-20(30-19)11-18(12-29-35)22(15-5-6-15)31-24(36)17-3-2-4-17/h11-13,15-17,22-23H,2-10H2,1H3,(H,31,36)(H,32,37)/t22-,23+/m1/s1. The molecule has 3 aromatic heterocycles. The number of nitrogens with one attached hydrogen (secondary N) is 2. The lowest BCUT2D eigenvalue weighted by Crippen LogP contribution is -2.37. The first-order valence-corrected chi connectivity index (χ1v) is 13.4. The molecule has 3 heterocycles. The van der Waals surface area contributed by atoms with Gasteiger partial charge in [-0.1, -0.05) is 11.6 Å². The number of amides is 2. The third kappa shape index (κ3) is 5.00. The first kappa shape index (κ1) is 24.9. The summed E-state index contributed by atoms with van der Waals surface area (Å²) in [6.45, 7) is 1.61. The van der Waals surface area contributed by atoms with Crippen LogP contribution in [0.1, 0.15) is 97.3 Å². The van der Waals surface area contributed by atoms with Crippen LogP contribution >= 0.6 is 0 Å². The highest BCUT2D eigenvalue weighted by Gasteiger charge is 2.40. The number of halogens is 2. The molecule has 10 nitrogen and oxygen atoms in total. The Hall–Kier alpha value is -3.44. The van der Waals surface area contributed by atoms with Crippen molar-refractivity contribution in [3.63, 3.8) is 0 Å². The lowest BCUT2D eigenvalue weighted by Gasteiger charge is -2.33. The number of aryl methyl sites for hydroxylation is 1. The molecule has 2 amide bonds. The fourth-order valence-corrected chi connectivity index (χ4v) is 5.55. The minimum Gasteiger partial charge on any atom is -0.349 e. The molecule has 202 valence electrons. The molecule has 2 atom stereocenters. The molecule has 0 aliphatic heterocycles. The first-order chi connectivity index (χ1) is 18.3. The Morgan fingerprint density at radius 2 is 1.79 bits per heavy atom. The van der Waals surface area contributed by atoms with Gasteiger partial charge < -0.3 is 10.6 Å². The molecule has 0 bridgehead atoms. The SMILES string of the molecule is Cc1nonc1C(=O)N[C@H](c1cn2ncc([C@H](NC(=O)C3CCC3)C3CC3)cc2n1)C1CCC(F)(F)CC1. The zero-order valence-corrected chi connectivity index (χ0v) is 21.2. The zero-order valence-electron chi connectivity index (χ0n) is 21.2. The molecule has 12 heteroatoms. The van der Waals surface area contributed by atoms with Crippen molar-refractivity contribution < 1.29 is 23.0 Å². The molecule has 0 unspecified atom stereocenters. The van der Waals surface area contributed by atoms with Crippen molar-refractivity contribution in [3.05, 3.63) is 41.1 Å². The number of carbonyl (C=O) groups excluding carboxylic acids is 2. The van der Waals surface area contributed by atoms with Crippen LogP contribution < -0.4 is 10.6 Å². The van der Waals surface area contributed by atoms with E-state index in [-0.39, 0.29) is 55.2 Å². The van der Waals surface area contributed by atoms with Crippen LogP contribution in [0.15, 0.2) is 23.1 Å². The summed E-state index contributed by atoms with van der Waals surface area (Å²) >= 11 is 0. The van der Waals surface area contributed by atoms with E-state index in [1.165, 1.54) is 0 Å². The average Bonchev–Trinajstić information content (AvgIpc) is 3.45. The van der Waals surface area contributed by atoms with Crippen molar-refractivity contribution in [1.82, 2.24) is 35.5 Å². The number of aromatic nitrogens is 5. The lowest BCUT2D eigenvalue weighted by molar-refractivity contribution is -0.128. The van der Waals surface area contributed by atoms with Crippen molar-refractivity contribution in [1.29, 1.82) is 0 Å². The second kappa shape index (κ2) is 9.70. The van der Waals surface area contributed by atoms with Gasteiger partial charge in [-0.2, -0.15) is 5.10 Å². The number of imidazole rings is 1. The Bertz CT molecular complexity index is 1340. The van der Waals surface area contributed by atoms with Gasteiger partial charge in [0.25, 0.3) is 5.91 Å². The highest BCUT2D eigenvalue weighted by molar-refractivity contribution is 5.93. The quantitative estimate of drug-likeness (QED) is 0.452. The van der Waals surface area contributed by atoms with Crippen LogP contribution in [0.4, 0.5) is 8.78 Å². The molecule has 3 saturated carbocycles. The van der Waals surface area contributed by atoms with Crippen LogP contribution in [0.5, 0.6) is 0 Å². The molecule has 6 rings (SSSR count). The molecular formula is C26H31F2N7O3. The minimum atomic E-state index is -2.70. The Balaban J connectivity index is 1.28. The summed E-state index contributed by atoms with van der Waals surface area (Å²) in [6, 6.07) is 1.19. The number of fused-ring (bicyclic) bond motifs is 1. The summed E-state index contributed by atoms with van der Waals surface area (Å²) < 4.78 is 34.1. The molecule has 2 N–H and O–H groups in total. The van der Waals surface area contributed by atoms with Crippen molar-refractivity contribution in [2.75, 3.05) is 0 Å². The number of hydrogen-bond acceptors (Lipinski definition) is 7. The summed E-state index contributed by atoms with van der Waals surface area (Å²) in [5.41, 5.74) is 2.39. The van der Waals surface area contributed by atoms with Gasteiger partial charge in [0.15, 0.2) is 11.3 Å². The highest BCUT2D eigenvalue weighted by atomic mass is 19.3. The fourth-order valence-electron chi connectivity index (χ4n) is 5.55. The monoisotopic (exact) mass is 527 g/mol. The van der Waals surface area contributed by atoms with Gasteiger partial charge in [0.1, 0.15) is 5.69 Å². The number of nitrogens with zero attached hydrogens (tertiary/aromatic N) is 5. The fraction of sp³-hybridized carbons (Fsp3) is 0.615. The predicted octanol–water partition coefficient (Wildman–Crippen LogP) is 4.08. The van der Waals surface area contributed by atoms with Crippen LogP contribution in [-0.4, -0.2) is 42.6 Å². The first-order valence-electron chi connectivity index (χ1n) is 13.4. The largest absolute Gasteiger partial charge is 0.349 e. The molecular weight excluding hydrogens is 496 g/mol. The second-order valence-electron chi connectivity index (χ2n) is 11.1. The molecule has 0 radical (unpaired) electrons. The maximum atomic E-state index is 13.9. The zero-order chi connectivity index (χ0) is 26.4. The molecule has 0 aromatic carbocycles. The van der Waals surface area contributed by atoms with Gasteiger partial charge >= 0.3 is 0 Å². The Labute approximate surface area is 217 Å². The van der Waals surface area contributed by atoms with E-state index in [1.54, 1.807) is 23.8 Å². The van der Waals surface area contributed by atoms with E-state index in [0.717, 1.165) is 37.7 Å². The topological polar surface area (TPSA) is 127 Å². The maximum absolute atomic E-state index is 13.9. The molecule has 0 spiro atoms. The van der Waals surface area contributed by atoms with Crippen LogP contribution in [0.3, 0.4) is 0 Å². The van der Waals surface area contributed by atoms with Gasteiger partial charge in [0.05, 0.1) is 30.2 Å². The van der Waals surface area contributed by atoms with Gasteiger partial charge in [-0.05, 0) is 74.1 Å². The summed E-state index contributed by atoms with van der Waals surface area (Å²) in [5.74, 6) is -2.84. The number of rotatable bonds is 8. The van der Waals surface area contributed by atoms with Gasteiger partial charge in [0.2, 0.25) is 11.8 Å². The average molecular weight is 528 g/mol. The third-order valence-corrected chi connectivity index (χ3v) is 8.29. The number of hydrogen-bond donors (Lipinski definition) is 2. The van der Waals surface area contributed by atoms with E-state index < -0.39 is 17.9 Å². The Morgan fingerprint density at radius 1 is 1.05 bits per heavy atom. The molecule has 3 aliphatic rings. The Kier molecular flexibility index (Phi) is 6.35. The van der Waals surface area contributed by atoms with E-state index in [2.05, 4.69) is 30.7 Å². The smallest absolute Gasteiger partial charge is 0.276 e. The van der Waals surface area contributed by atoms with E-state index in [0.29, 0.717) is 23.0 Å². The van der Waals surface area contributed by atoms with E-state index in [9.17, 15) is 18.4 Å². The minimum absolute atomic E-state index is 0.0507. The summed E-state index contributed by atoms with van der Waals surface area (Å²) in [6.07, 6.45) is 8.57. The van der Waals surface area contributed by atoms with Crippen molar-refractivity contribution >= 4 is 17.5 Å². The van der Waals surface area contributed by atoms with Gasteiger partial charge in [-0.25, -0.2) is 22.9 Å². The molecule has 3 aliphatic carbocycles. The number of alkyl halides is 2. The highest BCUT2D eigenvalue weighted by Crippen LogP contribution is 2.43. The third-order valence-electron chi connectivity index (χ3n) is 8.29. The number of carbonyl (C=O) groups is 2. The molecule has 3 fully saturated rings. The van der Waals surface area contributed by atoms with Gasteiger partial charge in [-0.15, -0.1) is 0 Å². The van der Waals surface area contributed by atoms with Crippen LogP contribution in [0.2, 0.25) is 0 Å². The molecule has 3 aromatic rings. The second-order valence-corrected chi connectivity index (χ2v) is 11.1. The van der Waals surface area contributed by atoms with Gasteiger partial charge in [0, 0.05) is 18.8 Å². The Morgan fingerprint density at radius 3 is 2.42 bits per heavy atom. The maximum Gasteiger partial charge on any atom is 0.276 e. The van der Waals surface area contributed by atoms with Crippen LogP contribution in [0, 0.1) is 24.7 Å². The van der Waals surface area contributed by atoms with Crippen LogP contribution in [-0.2, 0) is 4.79 Å². The lowest BCUT2D eigenvalue weighted by atomic mass is 9.81. The van der Waals surface area contributed by atoms with Crippen LogP contribution in [0.25, 0.3) is 5.65 Å². The predicted molar refractivity (Wildman–Crippen MR) is 130 cm³/mol.